The van der Waals surface area contributed by atoms with E-state index in [0.717, 1.165) is 25.8 Å². The van der Waals surface area contributed by atoms with E-state index in [1.54, 1.807) is 0 Å². The SMILES string of the molecule is CCCN(c1nccc(C(=O)O)c1N)C1CC1. The van der Waals surface area contributed by atoms with Gasteiger partial charge in [0.05, 0.1) is 11.3 Å². The van der Waals surface area contributed by atoms with Crippen LogP contribution in [0.25, 0.3) is 0 Å². The van der Waals surface area contributed by atoms with Crippen LogP contribution in [0.5, 0.6) is 0 Å². The number of pyridine rings is 1. The Labute approximate surface area is 100 Å². The summed E-state index contributed by atoms with van der Waals surface area (Å²) in [6.07, 6.45) is 4.78. The van der Waals surface area contributed by atoms with Gasteiger partial charge >= 0.3 is 5.97 Å². The highest BCUT2D eigenvalue weighted by Crippen LogP contribution is 2.34. The van der Waals surface area contributed by atoms with Crippen molar-refractivity contribution in [3.8, 4) is 0 Å². The molecule has 0 unspecified atom stereocenters. The fraction of sp³-hybridized carbons (Fsp3) is 0.500. The maximum atomic E-state index is 11.0. The van der Waals surface area contributed by atoms with E-state index in [1.807, 2.05) is 0 Å². The van der Waals surface area contributed by atoms with Gasteiger partial charge in [-0.3, -0.25) is 0 Å². The third-order valence-corrected chi connectivity index (χ3v) is 2.92. The Balaban J connectivity index is 2.35. The first-order chi connectivity index (χ1) is 8.15. The molecular formula is C12H17N3O2. The molecular weight excluding hydrogens is 218 g/mol. The standard InChI is InChI=1S/C12H17N3O2/c1-2-7-15(8-3-4-8)11-10(13)9(12(16)17)5-6-14-11/h5-6,8H,2-4,7,13H2,1H3,(H,16,17). The van der Waals surface area contributed by atoms with Crippen molar-refractivity contribution in [3.05, 3.63) is 17.8 Å². The third-order valence-electron chi connectivity index (χ3n) is 2.92. The molecule has 1 heterocycles. The second-order valence-corrected chi connectivity index (χ2v) is 4.33. The Morgan fingerprint density at radius 2 is 2.35 bits per heavy atom. The number of anilines is 2. The summed E-state index contributed by atoms with van der Waals surface area (Å²) < 4.78 is 0. The lowest BCUT2D eigenvalue weighted by Gasteiger charge is -2.24. The zero-order chi connectivity index (χ0) is 12.4. The zero-order valence-corrected chi connectivity index (χ0v) is 9.89. The van der Waals surface area contributed by atoms with Crippen molar-refractivity contribution in [1.29, 1.82) is 0 Å². The summed E-state index contributed by atoms with van der Waals surface area (Å²) in [5, 5.41) is 9.03. The van der Waals surface area contributed by atoms with E-state index < -0.39 is 5.97 Å². The highest BCUT2D eigenvalue weighted by Gasteiger charge is 2.31. The molecule has 0 amide bonds. The molecule has 3 N–H and O–H groups in total. The number of nitrogens with zero attached hydrogens (tertiary/aromatic N) is 2. The Bertz CT molecular complexity index is 430. The van der Waals surface area contributed by atoms with Crippen molar-refractivity contribution < 1.29 is 9.90 Å². The van der Waals surface area contributed by atoms with Gasteiger partial charge in [0, 0.05) is 18.8 Å². The van der Waals surface area contributed by atoms with Crippen LogP contribution in [0, 0.1) is 0 Å². The summed E-state index contributed by atoms with van der Waals surface area (Å²) >= 11 is 0. The second kappa shape index (κ2) is 4.61. The number of aromatic nitrogens is 1. The number of carboxylic acids is 1. The van der Waals surface area contributed by atoms with Crippen molar-refractivity contribution >= 4 is 17.5 Å². The van der Waals surface area contributed by atoms with Crippen LogP contribution < -0.4 is 10.6 Å². The molecule has 1 aromatic rings. The molecule has 1 aromatic heterocycles. The van der Waals surface area contributed by atoms with Crippen LogP contribution in [0.4, 0.5) is 11.5 Å². The number of nitrogens with two attached hydrogens (primary N) is 1. The van der Waals surface area contributed by atoms with E-state index in [1.165, 1.54) is 12.3 Å². The van der Waals surface area contributed by atoms with E-state index in [2.05, 4.69) is 16.8 Å². The summed E-state index contributed by atoms with van der Waals surface area (Å²) in [6.45, 7) is 2.96. The fourth-order valence-corrected chi connectivity index (χ4v) is 1.97. The van der Waals surface area contributed by atoms with Gasteiger partial charge in [-0.25, -0.2) is 9.78 Å². The molecule has 5 heteroatoms. The lowest BCUT2D eigenvalue weighted by molar-refractivity contribution is 0.0698. The van der Waals surface area contributed by atoms with Gasteiger partial charge in [-0.05, 0) is 25.3 Å². The second-order valence-electron chi connectivity index (χ2n) is 4.33. The molecule has 1 fully saturated rings. The maximum absolute atomic E-state index is 11.0. The van der Waals surface area contributed by atoms with Crippen LogP contribution in [0.1, 0.15) is 36.5 Å². The van der Waals surface area contributed by atoms with Crippen LogP contribution in [-0.4, -0.2) is 28.6 Å². The number of aromatic carboxylic acids is 1. The first-order valence-electron chi connectivity index (χ1n) is 5.89. The molecule has 92 valence electrons. The quantitative estimate of drug-likeness (QED) is 0.812. The molecule has 0 aliphatic heterocycles. The van der Waals surface area contributed by atoms with Gasteiger partial charge in [-0.2, -0.15) is 0 Å². The summed E-state index contributed by atoms with van der Waals surface area (Å²) in [6, 6.07) is 1.92. The van der Waals surface area contributed by atoms with Gasteiger partial charge in [0.1, 0.15) is 0 Å². The predicted octanol–water partition coefficient (Wildman–Crippen LogP) is 1.74. The summed E-state index contributed by atoms with van der Waals surface area (Å²) in [5.74, 6) is -0.382. The van der Waals surface area contributed by atoms with Crippen LogP contribution in [0.3, 0.4) is 0 Å². The summed E-state index contributed by atoms with van der Waals surface area (Å²) in [4.78, 5) is 17.4. The van der Waals surface area contributed by atoms with Crippen molar-refractivity contribution in [3.63, 3.8) is 0 Å². The van der Waals surface area contributed by atoms with Gasteiger partial charge in [0.15, 0.2) is 5.82 Å². The van der Waals surface area contributed by atoms with E-state index in [-0.39, 0.29) is 11.3 Å². The number of rotatable bonds is 5. The Morgan fingerprint density at radius 1 is 1.65 bits per heavy atom. The van der Waals surface area contributed by atoms with Crippen molar-refractivity contribution in [2.75, 3.05) is 17.2 Å². The minimum absolute atomic E-state index is 0.136. The van der Waals surface area contributed by atoms with Gasteiger partial charge in [-0.1, -0.05) is 6.92 Å². The highest BCUT2D eigenvalue weighted by atomic mass is 16.4. The topological polar surface area (TPSA) is 79.5 Å². The van der Waals surface area contributed by atoms with E-state index >= 15 is 0 Å². The van der Waals surface area contributed by atoms with Crippen LogP contribution in [-0.2, 0) is 0 Å². The van der Waals surface area contributed by atoms with Gasteiger partial charge < -0.3 is 15.7 Å². The molecule has 0 saturated heterocycles. The number of carbonyl (C=O) groups is 1. The fourth-order valence-electron chi connectivity index (χ4n) is 1.97. The Kier molecular flexibility index (Phi) is 3.17. The molecule has 5 nitrogen and oxygen atoms in total. The van der Waals surface area contributed by atoms with Crippen LogP contribution in [0.15, 0.2) is 12.3 Å². The monoisotopic (exact) mass is 235 g/mol. The van der Waals surface area contributed by atoms with Gasteiger partial charge in [-0.15, -0.1) is 0 Å². The molecule has 0 aromatic carbocycles. The third kappa shape index (κ3) is 2.33. The van der Waals surface area contributed by atoms with E-state index in [0.29, 0.717) is 11.9 Å². The molecule has 1 aliphatic rings. The number of carboxylic acid groups (broad SMARTS) is 1. The minimum Gasteiger partial charge on any atom is -0.478 e. The first-order valence-corrected chi connectivity index (χ1v) is 5.89. The molecule has 0 spiro atoms. The van der Waals surface area contributed by atoms with E-state index in [9.17, 15) is 4.79 Å². The summed E-state index contributed by atoms with van der Waals surface area (Å²) in [7, 11) is 0. The van der Waals surface area contributed by atoms with Crippen LogP contribution >= 0.6 is 0 Å². The maximum Gasteiger partial charge on any atom is 0.337 e. The van der Waals surface area contributed by atoms with Gasteiger partial charge in [0.2, 0.25) is 0 Å². The van der Waals surface area contributed by atoms with Crippen molar-refractivity contribution in [1.82, 2.24) is 4.98 Å². The van der Waals surface area contributed by atoms with Crippen molar-refractivity contribution in [2.45, 2.75) is 32.2 Å². The smallest absolute Gasteiger partial charge is 0.337 e. The molecule has 0 bridgehead atoms. The first kappa shape index (κ1) is 11.7. The number of hydrogen-bond donors (Lipinski definition) is 2. The number of hydrogen-bond acceptors (Lipinski definition) is 4. The Morgan fingerprint density at radius 3 is 2.88 bits per heavy atom. The zero-order valence-electron chi connectivity index (χ0n) is 9.89. The predicted molar refractivity (Wildman–Crippen MR) is 66.3 cm³/mol. The van der Waals surface area contributed by atoms with Gasteiger partial charge in [0.25, 0.3) is 0 Å². The molecule has 0 radical (unpaired) electrons. The summed E-state index contributed by atoms with van der Waals surface area (Å²) in [5.41, 5.74) is 6.31. The highest BCUT2D eigenvalue weighted by molar-refractivity contribution is 5.96. The molecule has 2 rings (SSSR count). The largest absolute Gasteiger partial charge is 0.478 e. The molecule has 17 heavy (non-hydrogen) atoms. The van der Waals surface area contributed by atoms with E-state index in [4.69, 9.17) is 10.8 Å². The average Bonchev–Trinajstić information content (AvgIpc) is 3.10. The normalized spacial score (nSPS) is 14.6. The minimum atomic E-state index is -1.00. The number of nitrogen functional groups attached to an aromatic ring is 1. The molecule has 0 atom stereocenters. The molecule has 1 aliphatic carbocycles. The lowest BCUT2D eigenvalue weighted by atomic mass is 10.2. The average molecular weight is 235 g/mol. The Hall–Kier alpha value is -1.78. The lowest BCUT2D eigenvalue weighted by Crippen LogP contribution is -2.28. The molecule has 1 saturated carbocycles. The van der Waals surface area contributed by atoms with Crippen molar-refractivity contribution in [2.24, 2.45) is 0 Å². The van der Waals surface area contributed by atoms with Crippen LogP contribution in [0.2, 0.25) is 0 Å².